The number of carbonyl (C=O) groups is 1. The summed E-state index contributed by atoms with van der Waals surface area (Å²) in [5, 5.41) is 13.5. The number of fused-ring (bicyclic) bond motifs is 1. The van der Waals surface area contributed by atoms with Gasteiger partial charge in [0.05, 0.1) is 16.8 Å². The fraction of sp³-hybridized carbons (Fsp3) is 0.200. The molecule has 120 valence electrons. The van der Waals surface area contributed by atoms with Gasteiger partial charge in [0.2, 0.25) is 5.91 Å². The van der Waals surface area contributed by atoms with Crippen LogP contribution in [0, 0.1) is 18.3 Å². The predicted octanol–water partition coefficient (Wildman–Crippen LogP) is 4.47. The second-order valence-electron chi connectivity index (χ2n) is 5.86. The number of amides is 1. The molecule has 0 aliphatic carbocycles. The van der Waals surface area contributed by atoms with Crippen molar-refractivity contribution < 1.29 is 4.79 Å². The zero-order valence-electron chi connectivity index (χ0n) is 14.1. The van der Waals surface area contributed by atoms with Crippen LogP contribution in [0.25, 0.3) is 22.2 Å². The van der Waals surface area contributed by atoms with E-state index < -0.39 is 0 Å². The SMILES string of the molecule is CCn1c(-c2ccc(NC(C)=O)cc2)c(C#N)c2ccc(C)cc21. The average molecular weight is 317 g/mol. The molecular weight excluding hydrogens is 298 g/mol. The number of nitrogens with zero attached hydrogens (tertiary/aromatic N) is 2. The van der Waals surface area contributed by atoms with Gasteiger partial charge < -0.3 is 9.88 Å². The smallest absolute Gasteiger partial charge is 0.221 e. The van der Waals surface area contributed by atoms with Crippen LogP contribution in [0.5, 0.6) is 0 Å². The van der Waals surface area contributed by atoms with Crippen molar-refractivity contribution in [3.8, 4) is 17.3 Å². The Bertz CT molecular complexity index is 959. The highest BCUT2D eigenvalue weighted by Gasteiger charge is 2.17. The normalized spacial score (nSPS) is 10.6. The summed E-state index contributed by atoms with van der Waals surface area (Å²) in [5.74, 6) is -0.0985. The van der Waals surface area contributed by atoms with Crippen LogP contribution in [0.4, 0.5) is 5.69 Å². The maximum atomic E-state index is 11.2. The van der Waals surface area contributed by atoms with Gasteiger partial charge in [-0.1, -0.05) is 24.3 Å². The molecule has 0 saturated carbocycles. The number of nitriles is 1. The number of aryl methyl sites for hydroxylation is 2. The van der Waals surface area contributed by atoms with Crippen LogP contribution in [-0.4, -0.2) is 10.5 Å². The van der Waals surface area contributed by atoms with Gasteiger partial charge in [-0.25, -0.2) is 0 Å². The molecule has 0 atom stereocenters. The minimum atomic E-state index is -0.0985. The van der Waals surface area contributed by atoms with Crippen molar-refractivity contribution in [1.29, 1.82) is 5.26 Å². The van der Waals surface area contributed by atoms with Crippen LogP contribution >= 0.6 is 0 Å². The van der Waals surface area contributed by atoms with Crippen LogP contribution in [0.15, 0.2) is 42.5 Å². The van der Waals surface area contributed by atoms with Crippen molar-refractivity contribution in [3.05, 3.63) is 53.6 Å². The van der Waals surface area contributed by atoms with Crippen molar-refractivity contribution in [1.82, 2.24) is 4.57 Å². The van der Waals surface area contributed by atoms with E-state index in [4.69, 9.17) is 0 Å². The summed E-state index contributed by atoms with van der Waals surface area (Å²) in [7, 11) is 0. The lowest BCUT2D eigenvalue weighted by molar-refractivity contribution is -0.114. The Morgan fingerprint density at radius 3 is 2.50 bits per heavy atom. The van der Waals surface area contributed by atoms with Crippen molar-refractivity contribution >= 4 is 22.5 Å². The number of hydrogen-bond donors (Lipinski definition) is 1. The minimum absolute atomic E-state index is 0.0985. The van der Waals surface area contributed by atoms with Crippen molar-refractivity contribution in [2.45, 2.75) is 27.3 Å². The van der Waals surface area contributed by atoms with E-state index in [1.54, 1.807) is 0 Å². The number of benzene rings is 2. The summed E-state index contributed by atoms with van der Waals surface area (Å²) in [4.78, 5) is 11.2. The van der Waals surface area contributed by atoms with Gasteiger partial charge >= 0.3 is 0 Å². The lowest BCUT2D eigenvalue weighted by Gasteiger charge is -2.10. The molecule has 0 aliphatic heterocycles. The molecule has 2 aromatic carbocycles. The highest BCUT2D eigenvalue weighted by molar-refractivity contribution is 5.95. The topological polar surface area (TPSA) is 57.8 Å². The fourth-order valence-electron chi connectivity index (χ4n) is 3.12. The Labute approximate surface area is 141 Å². The number of hydrogen-bond acceptors (Lipinski definition) is 2. The maximum Gasteiger partial charge on any atom is 0.221 e. The van der Waals surface area contributed by atoms with Gasteiger partial charge in [0.15, 0.2) is 0 Å². The third-order valence-corrected chi connectivity index (χ3v) is 4.13. The monoisotopic (exact) mass is 317 g/mol. The lowest BCUT2D eigenvalue weighted by atomic mass is 10.1. The fourth-order valence-corrected chi connectivity index (χ4v) is 3.12. The Morgan fingerprint density at radius 2 is 1.92 bits per heavy atom. The predicted molar refractivity (Wildman–Crippen MR) is 96.8 cm³/mol. The molecule has 3 rings (SSSR count). The van der Waals surface area contributed by atoms with E-state index in [1.807, 2.05) is 36.4 Å². The molecule has 1 N–H and O–H groups in total. The Balaban J connectivity index is 2.21. The summed E-state index contributed by atoms with van der Waals surface area (Å²) in [6.07, 6.45) is 0. The second kappa shape index (κ2) is 6.21. The summed E-state index contributed by atoms with van der Waals surface area (Å²) >= 11 is 0. The minimum Gasteiger partial charge on any atom is -0.340 e. The molecule has 0 fully saturated rings. The van der Waals surface area contributed by atoms with E-state index in [1.165, 1.54) is 12.5 Å². The third-order valence-electron chi connectivity index (χ3n) is 4.13. The third kappa shape index (κ3) is 2.65. The number of rotatable bonds is 3. The maximum absolute atomic E-state index is 11.2. The van der Waals surface area contributed by atoms with Crippen molar-refractivity contribution in [2.24, 2.45) is 0 Å². The molecule has 0 bridgehead atoms. The second-order valence-corrected chi connectivity index (χ2v) is 5.86. The van der Waals surface area contributed by atoms with Gasteiger partial charge in [-0.3, -0.25) is 4.79 Å². The number of aromatic nitrogens is 1. The van der Waals surface area contributed by atoms with Crippen LogP contribution in [0.2, 0.25) is 0 Å². The number of carbonyl (C=O) groups excluding carboxylic acids is 1. The largest absolute Gasteiger partial charge is 0.340 e. The number of nitrogens with one attached hydrogen (secondary N) is 1. The first-order valence-corrected chi connectivity index (χ1v) is 7.96. The van der Waals surface area contributed by atoms with E-state index in [0.717, 1.165) is 34.4 Å². The standard InChI is InChI=1S/C20H19N3O/c1-4-23-19-11-13(2)5-10-17(19)18(12-21)20(23)15-6-8-16(9-7-15)22-14(3)24/h5-11H,4H2,1-3H3,(H,22,24). The quantitative estimate of drug-likeness (QED) is 0.775. The zero-order valence-corrected chi connectivity index (χ0v) is 14.1. The molecule has 0 radical (unpaired) electrons. The number of anilines is 1. The van der Waals surface area contributed by atoms with E-state index >= 15 is 0 Å². The molecule has 4 heteroatoms. The first-order valence-electron chi connectivity index (χ1n) is 7.96. The molecular formula is C20H19N3O. The lowest BCUT2D eigenvalue weighted by Crippen LogP contribution is -2.05. The van der Waals surface area contributed by atoms with Crippen LogP contribution in [-0.2, 0) is 11.3 Å². The molecule has 3 aromatic rings. The van der Waals surface area contributed by atoms with Crippen LogP contribution in [0.3, 0.4) is 0 Å². The zero-order chi connectivity index (χ0) is 17.3. The molecule has 0 aliphatic rings. The van der Waals surface area contributed by atoms with E-state index in [9.17, 15) is 10.1 Å². The molecule has 4 nitrogen and oxygen atoms in total. The molecule has 24 heavy (non-hydrogen) atoms. The summed E-state index contributed by atoms with van der Waals surface area (Å²) in [6, 6.07) is 16.2. The summed E-state index contributed by atoms with van der Waals surface area (Å²) in [5.41, 5.74) is 5.59. The highest BCUT2D eigenvalue weighted by atomic mass is 16.1. The highest BCUT2D eigenvalue weighted by Crippen LogP contribution is 2.34. The van der Waals surface area contributed by atoms with Gasteiger partial charge in [0.1, 0.15) is 6.07 Å². The Morgan fingerprint density at radius 1 is 1.21 bits per heavy atom. The molecule has 1 amide bonds. The van der Waals surface area contributed by atoms with Gasteiger partial charge in [-0.2, -0.15) is 5.26 Å². The summed E-state index contributed by atoms with van der Waals surface area (Å²) < 4.78 is 2.17. The van der Waals surface area contributed by atoms with Crippen molar-refractivity contribution in [2.75, 3.05) is 5.32 Å². The van der Waals surface area contributed by atoms with Gasteiger partial charge in [-0.15, -0.1) is 0 Å². The first-order chi connectivity index (χ1) is 11.5. The van der Waals surface area contributed by atoms with E-state index in [-0.39, 0.29) is 5.91 Å². The van der Waals surface area contributed by atoms with Gasteiger partial charge in [0, 0.05) is 24.5 Å². The molecule has 0 saturated heterocycles. The molecule has 0 unspecified atom stereocenters. The van der Waals surface area contributed by atoms with Gasteiger partial charge in [-0.05, 0) is 43.2 Å². The Kier molecular flexibility index (Phi) is 4.09. The summed E-state index contributed by atoms with van der Waals surface area (Å²) in [6.45, 7) is 6.40. The first kappa shape index (κ1) is 15.8. The Hall–Kier alpha value is -3.06. The van der Waals surface area contributed by atoms with Crippen LogP contribution in [0.1, 0.15) is 25.0 Å². The van der Waals surface area contributed by atoms with Crippen molar-refractivity contribution in [3.63, 3.8) is 0 Å². The van der Waals surface area contributed by atoms with E-state index in [2.05, 4.69) is 35.9 Å². The van der Waals surface area contributed by atoms with Gasteiger partial charge in [0.25, 0.3) is 0 Å². The molecule has 1 heterocycles. The van der Waals surface area contributed by atoms with Crippen LogP contribution < -0.4 is 5.32 Å². The average Bonchev–Trinajstić information content (AvgIpc) is 2.87. The molecule has 0 spiro atoms. The molecule has 1 aromatic heterocycles. The van der Waals surface area contributed by atoms with E-state index in [0.29, 0.717) is 5.56 Å².